The molecule has 5 rings (SSSR count). The number of allylic oxidation sites excluding steroid dienone is 3. The molecule has 2 N–H and O–H groups in total. The highest BCUT2D eigenvalue weighted by Crippen LogP contribution is 2.39. The van der Waals surface area contributed by atoms with Crippen molar-refractivity contribution in [1.29, 1.82) is 0 Å². The minimum Gasteiger partial charge on any atom is -0.488 e. The minimum atomic E-state index is -2.51. The van der Waals surface area contributed by atoms with Gasteiger partial charge < -0.3 is 48.4 Å². The number of rotatable bonds is 9. The van der Waals surface area contributed by atoms with Gasteiger partial charge >= 0.3 is 5.97 Å². The van der Waals surface area contributed by atoms with Gasteiger partial charge in [-0.15, -0.1) is 0 Å². The zero-order valence-corrected chi connectivity index (χ0v) is 40.8. The SMILES string of the molecule is CC[C@@H]1/C=C(\C)C[C@H](C)C[C@H](OC)[C@H]2O[C@@](O)(C(=O)C(=O)N3CCCC[C@H]3C(=O)O[C@H](/C(C)=C/[C@@H]3CC[C@@H](Oc4ccc(N(C)C)cc4)[C@H](OC)C3)[C@H](C)[C@@H](O)CC1=O)[C@H](C)C[C@@H]2OC. The summed E-state index contributed by atoms with van der Waals surface area (Å²) >= 11 is 0. The van der Waals surface area contributed by atoms with Crippen LogP contribution in [0.3, 0.4) is 0 Å². The fourth-order valence-corrected chi connectivity index (χ4v) is 10.5. The number of anilines is 1. The van der Waals surface area contributed by atoms with Crippen molar-refractivity contribution in [1.82, 2.24) is 4.90 Å². The number of amides is 1. The van der Waals surface area contributed by atoms with Gasteiger partial charge in [0.2, 0.25) is 5.79 Å². The lowest BCUT2D eigenvalue weighted by atomic mass is 9.81. The van der Waals surface area contributed by atoms with Gasteiger partial charge in [0, 0.05) is 71.8 Å². The first-order valence-electron chi connectivity index (χ1n) is 23.9. The summed E-state index contributed by atoms with van der Waals surface area (Å²) in [7, 11) is 8.73. The van der Waals surface area contributed by atoms with Gasteiger partial charge in [0.15, 0.2) is 0 Å². The number of aliphatic hydroxyl groups excluding tert-OH is 1. The Morgan fingerprint density at radius 3 is 2.18 bits per heavy atom. The first-order valence-corrected chi connectivity index (χ1v) is 23.9. The van der Waals surface area contributed by atoms with Crippen LogP contribution in [0.4, 0.5) is 5.69 Å². The maximum Gasteiger partial charge on any atom is 0.329 e. The highest BCUT2D eigenvalue weighted by Gasteiger charge is 2.56. The van der Waals surface area contributed by atoms with Crippen LogP contribution < -0.4 is 9.64 Å². The van der Waals surface area contributed by atoms with E-state index in [0.717, 1.165) is 23.4 Å². The maximum atomic E-state index is 14.5. The summed E-state index contributed by atoms with van der Waals surface area (Å²) in [5.74, 6) is -6.71. The summed E-state index contributed by atoms with van der Waals surface area (Å²) in [5, 5.41) is 24.0. The van der Waals surface area contributed by atoms with Crippen LogP contribution >= 0.6 is 0 Å². The number of carbonyl (C=O) groups excluding carboxylic acids is 4. The number of benzene rings is 1. The third-order valence-electron chi connectivity index (χ3n) is 14.5. The number of nitrogens with zero attached hydrogens (tertiary/aromatic N) is 2. The molecule has 1 saturated carbocycles. The number of Topliss-reactive ketones (excluding diaryl/α,β-unsaturated/α-hetero) is 2. The van der Waals surface area contributed by atoms with Crippen LogP contribution in [-0.2, 0) is 42.9 Å². The number of hydrogen-bond donors (Lipinski definition) is 2. The van der Waals surface area contributed by atoms with Gasteiger partial charge in [-0.1, -0.05) is 45.4 Å². The van der Waals surface area contributed by atoms with Gasteiger partial charge in [0.1, 0.15) is 35.9 Å². The number of ether oxygens (including phenoxy) is 6. The van der Waals surface area contributed by atoms with E-state index in [-0.39, 0.29) is 55.6 Å². The van der Waals surface area contributed by atoms with E-state index in [1.54, 1.807) is 21.0 Å². The normalized spacial score (nSPS) is 37.3. The fourth-order valence-electron chi connectivity index (χ4n) is 10.5. The predicted molar refractivity (Wildman–Crippen MR) is 247 cm³/mol. The number of aliphatic hydroxyl groups is 2. The topological polar surface area (TPSA) is 171 Å². The van der Waals surface area contributed by atoms with Crippen LogP contribution in [0.15, 0.2) is 47.6 Å². The molecule has 65 heavy (non-hydrogen) atoms. The minimum absolute atomic E-state index is 0.0218. The van der Waals surface area contributed by atoms with Crippen LogP contribution in [-0.4, -0.2) is 135 Å². The summed E-state index contributed by atoms with van der Waals surface area (Å²) < 4.78 is 36.9. The van der Waals surface area contributed by atoms with Gasteiger partial charge in [0.25, 0.3) is 11.7 Å². The van der Waals surface area contributed by atoms with Crippen LogP contribution in [0.1, 0.15) is 112 Å². The largest absolute Gasteiger partial charge is 0.488 e. The van der Waals surface area contributed by atoms with E-state index < -0.39 is 77.8 Å². The average molecular weight is 911 g/mol. The fraction of sp³-hybridized carbons (Fsp3) is 0.725. The van der Waals surface area contributed by atoms with Crippen molar-refractivity contribution in [3.63, 3.8) is 0 Å². The molecule has 0 aromatic heterocycles. The molecule has 1 aliphatic carbocycles. The van der Waals surface area contributed by atoms with E-state index in [2.05, 4.69) is 13.0 Å². The molecule has 364 valence electrons. The summed E-state index contributed by atoms with van der Waals surface area (Å²) in [6.07, 6.45) is 4.68. The molecule has 14 nitrogen and oxygen atoms in total. The van der Waals surface area contributed by atoms with E-state index >= 15 is 0 Å². The third-order valence-corrected chi connectivity index (χ3v) is 14.5. The Morgan fingerprint density at radius 2 is 1.55 bits per heavy atom. The van der Waals surface area contributed by atoms with E-state index in [0.29, 0.717) is 50.5 Å². The van der Waals surface area contributed by atoms with Gasteiger partial charge in [-0.3, -0.25) is 14.4 Å². The zero-order chi connectivity index (χ0) is 47.7. The number of methoxy groups -OCH3 is 3. The van der Waals surface area contributed by atoms with Crippen LogP contribution in [0.25, 0.3) is 0 Å². The molecule has 2 bridgehead atoms. The van der Waals surface area contributed by atoms with Crippen molar-refractivity contribution >= 4 is 29.1 Å². The van der Waals surface area contributed by atoms with Crippen LogP contribution in [0.2, 0.25) is 0 Å². The summed E-state index contributed by atoms with van der Waals surface area (Å²) in [5.41, 5.74) is 2.76. The van der Waals surface area contributed by atoms with E-state index in [1.165, 1.54) is 19.1 Å². The van der Waals surface area contributed by atoms with Crippen molar-refractivity contribution in [3.05, 3.63) is 47.6 Å². The highest BCUT2D eigenvalue weighted by atomic mass is 16.7. The number of ketones is 2. The van der Waals surface area contributed by atoms with E-state index in [4.69, 9.17) is 28.4 Å². The molecule has 0 radical (unpaired) electrons. The lowest BCUT2D eigenvalue weighted by molar-refractivity contribution is -0.302. The van der Waals surface area contributed by atoms with E-state index in [1.807, 2.05) is 70.1 Å². The molecule has 0 spiro atoms. The molecule has 4 aliphatic rings. The van der Waals surface area contributed by atoms with Gasteiger partial charge in [-0.2, -0.15) is 0 Å². The molecule has 3 heterocycles. The highest BCUT2D eigenvalue weighted by molar-refractivity contribution is 6.39. The Labute approximate surface area is 387 Å². The van der Waals surface area contributed by atoms with Crippen LogP contribution in [0, 0.1) is 29.6 Å². The summed E-state index contributed by atoms with van der Waals surface area (Å²) in [6, 6.07) is 6.81. The predicted octanol–water partition coefficient (Wildman–Crippen LogP) is 6.63. The first kappa shape index (κ1) is 52.3. The molecule has 0 unspecified atom stereocenters. The monoisotopic (exact) mass is 911 g/mol. The number of fused-ring (bicyclic) bond motifs is 3. The zero-order valence-electron chi connectivity index (χ0n) is 40.8. The van der Waals surface area contributed by atoms with Gasteiger partial charge in [0.05, 0.1) is 24.4 Å². The Hall–Kier alpha value is -3.66. The standard InChI is InChI=1S/C51H78N2O12/c1-12-36-24-30(2)23-31(3)25-44(61-10)47-45(62-11)27-33(5)51(59,65-47)48(56)49(57)53-22-14-13-15-39(53)50(58)64-46(34(6)40(54)29-41(36)55)32(4)26-35-16-21-42(43(28-35)60-9)63-38-19-17-37(18-20-38)52(7)8/h17-20,24,26,31,33-36,39-40,42-47,54,59H,12-16,21-23,25,27-29H2,1-11H3/b30-24+,32-26+/t31-,33+,34+,35-,36+,39-,40-,42+,43+,44-,45-,46+,47+,51+/m0/s1. The van der Waals surface area contributed by atoms with Gasteiger partial charge in [-0.05, 0) is 120 Å². The molecule has 1 aromatic rings. The van der Waals surface area contributed by atoms with Crippen LogP contribution in [0.5, 0.6) is 5.75 Å². The van der Waals surface area contributed by atoms with Crippen molar-refractivity contribution in [2.75, 3.05) is 46.9 Å². The van der Waals surface area contributed by atoms with Crippen molar-refractivity contribution in [2.45, 2.75) is 167 Å². The second-order valence-electron chi connectivity index (χ2n) is 19.6. The average Bonchev–Trinajstić information content (AvgIpc) is 3.29. The summed E-state index contributed by atoms with van der Waals surface area (Å²) in [6.45, 7) is 11.4. The molecule has 14 heteroatoms. The lowest BCUT2D eigenvalue weighted by Crippen LogP contribution is -2.64. The number of piperidine rings is 1. The Kier molecular flexibility index (Phi) is 18.8. The molecular weight excluding hydrogens is 833 g/mol. The second-order valence-corrected chi connectivity index (χ2v) is 19.6. The van der Waals surface area contributed by atoms with Gasteiger partial charge in [-0.25, -0.2) is 4.79 Å². The number of cyclic esters (lactones) is 1. The Morgan fingerprint density at radius 1 is 0.892 bits per heavy atom. The first-order chi connectivity index (χ1) is 30.8. The maximum absolute atomic E-state index is 14.5. The van der Waals surface area contributed by atoms with E-state index in [9.17, 15) is 29.4 Å². The molecule has 14 atom stereocenters. The Bertz CT molecular complexity index is 1830. The second kappa shape index (κ2) is 23.4. The smallest absolute Gasteiger partial charge is 0.329 e. The van der Waals surface area contributed by atoms with Crippen molar-refractivity contribution in [3.8, 4) is 5.75 Å². The summed E-state index contributed by atoms with van der Waals surface area (Å²) in [4.78, 5) is 60.4. The molecular formula is C51H78N2O12. The number of carbonyl (C=O) groups is 4. The Balaban J connectivity index is 1.47. The van der Waals surface area contributed by atoms with Crippen molar-refractivity contribution < 1.29 is 57.8 Å². The number of hydrogen-bond acceptors (Lipinski definition) is 13. The molecule has 3 aliphatic heterocycles. The molecule has 1 amide bonds. The molecule has 1 aromatic carbocycles. The molecule has 3 fully saturated rings. The lowest BCUT2D eigenvalue weighted by Gasteiger charge is -2.47. The third kappa shape index (κ3) is 12.7. The molecule has 2 saturated heterocycles. The van der Waals surface area contributed by atoms with Crippen molar-refractivity contribution in [2.24, 2.45) is 29.6 Å². The number of esters is 1. The quantitative estimate of drug-likeness (QED) is 0.154.